The SMILES string of the molecule is CCCCCCCCCCCCC(CCCCCCCCCC)CC(=O)O.Oc1ccccc1O. The number of para-hydroxylation sites is 2. The normalized spacial score (nSPS) is 11.6. The molecule has 0 spiro atoms. The number of aromatic hydroxyl groups is 2. The molecule has 0 heterocycles. The number of phenols is 2. The lowest BCUT2D eigenvalue weighted by Gasteiger charge is -2.14. The smallest absolute Gasteiger partial charge is 0.303 e. The lowest BCUT2D eigenvalue weighted by Crippen LogP contribution is -2.08. The van der Waals surface area contributed by atoms with Crippen molar-refractivity contribution in [3.8, 4) is 11.5 Å². The van der Waals surface area contributed by atoms with Crippen LogP contribution in [-0.2, 0) is 4.79 Å². The molecule has 0 fully saturated rings. The fourth-order valence-electron chi connectivity index (χ4n) is 4.55. The van der Waals surface area contributed by atoms with Crippen molar-refractivity contribution in [1.29, 1.82) is 0 Å². The molecule has 0 saturated carbocycles. The van der Waals surface area contributed by atoms with E-state index >= 15 is 0 Å². The van der Waals surface area contributed by atoms with E-state index in [0.717, 1.165) is 12.8 Å². The van der Waals surface area contributed by atoms with Gasteiger partial charge in [-0.1, -0.05) is 142 Å². The number of unbranched alkanes of at least 4 members (excludes halogenated alkanes) is 16. The van der Waals surface area contributed by atoms with Gasteiger partial charge in [-0.2, -0.15) is 0 Å². The number of carbonyl (C=O) groups is 1. The van der Waals surface area contributed by atoms with Crippen LogP contribution in [0, 0.1) is 5.92 Å². The molecule has 0 aliphatic carbocycles. The Labute approximate surface area is 216 Å². The van der Waals surface area contributed by atoms with Crippen LogP contribution in [0.3, 0.4) is 0 Å². The summed E-state index contributed by atoms with van der Waals surface area (Å²) >= 11 is 0. The summed E-state index contributed by atoms with van der Waals surface area (Å²) in [7, 11) is 0. The summed E-state index contributed by atoms with van der Waals surface area (Å²) in [5.41, 5.74) is 0. The van der Waals surface area contributed by atoms with Gasteiger partial charge in [-0.05, 0) is 30.9 Å². The fraction of sp³-hybridized carbons (Fsp3) is 0.774. The minimum Gasteiger partial charge on any atom is -0.504 e. The minimum absolute atomic E-state index is 0.0764. The molecule has 0 aromatic heterocycles. The lowest BCUT2D eigenvalue weighted by molar-refractivity contribution is -0.138. The van der Waals surface area contributed by atoms with Crippen LogP contribution in [0.5, 0.6) is 11.5 Å². The van der Waals surface area contributed by atoms with Gasteiger partial charge in [0.1, 0.15) is 0 Å². The summed E-state index contributed by atoms with van der Waals surface area (Å²) < 4.78 is 0. The van der Waals surface area contributed by atoms with Crippen molar-refractivity contribution in [2.24, 2.45) is 5.92 Å². The van der Waals surface area contributed by atoms with Crippen molar-refractivity contribution in [2.75, 3.05) is 0 Å². The number of carboxylic acids is 1. The molecule has 0 amide bonds. The summed E-state index contributed by atoms with van der Waals surface area (Å²) in [5, 5.41) is 26.5. The maximum Gasteiger partial charge on any atom is 0.303 e. The Bertz CT molecular complexity index is 566. The standard InChI is InChI=1S/C25H50O2.C6H6O2/c1-3-5-7-9-11-13-14-16-18-20-22-24(23-25(26)27)21-19-17-15-12-10-8-6-4-2;7-5-3-1-2-4-6(5)8/h24H,3-23H2,1-2H3,(H,26,27);1-4,7-8H. The highest BCUT2D eigenvalue weighted by atomic mass is 16.4. The zero-order valence-corrected chi connectivity index (χ0v) is 23.0. The number of hydrogen-bond donors (Lipinski definition) is 3. The fourth-order valence-corrected chi connectivity index (χ4v) is 4.55. The Morgan fingerprint density at radius 3 is 1.20 bits per heavy atom. The Hall–Kier alpha value is -1.71. The highest BCUT2D eigenvalue weighted by Gasteiger charge is 2.12. The summed E-state index contributed by atoms with van der Waals surface area (Å²) in [6, 6.07) is 6.15. The molecule has 0 bridgehead atoms. The van der Waals surface area contributed by atoms with Gasteiger partial charge in [0.2, 0.25) is 0 Å². The Balaban J connectivity index is 0.00000121. The van der Waals surface area contributed by atoms with Gasteiger partial charge >= 0.3 is 5.97 Å². The third-order valence-corrected chi connectivity index (χ3v) is 6.78. The van der Waals surface area contributed by atoms with E-state index in [0.29, 0.717) is 12.3 Å². The summed E-state index contributed by atoms with van der Waals surface area (Å²) in [5.74, 6) is -0.344. The predicted octanol–water partition coefficient (Wildman–Crippen LogP) is 10.0. The monoisotopic (exact) mass is 492 g/mol. The molecule has 1 rings (SSSR count). The van der Waals surface area contributed by atoms with E-state index in [1.807, 2.05) is 0 Å². The van der Waals surface area contributed by atoms with Crippen molar-refractivity contribution in [3.05, 3.63) is 24.3 Å². The molecule has 4 nitrogen and oxygen atoms in total. The van der Waals surface area contributed by atoms with Gasteiger partial charge in [0, 0.05) is 6.42 Å². The van der Waals surface area contributed by atoms with E-state index in [4.69, 9.17) is 15.3 Å². The van der Waals surface area contributed by atoms with Crippen LogP contribution in [0.25, 0.3) is 0 Å². The van der Waals surface area contributed by atoms with Gasteiger partial charge in [0.05, 0.1) is 0 Å². The number of benzene rings is 1. The van der Waals surface area contributed by atoms with Crippen molar-refractivity contribution >= 4 is 5.97 Å². The zero-order chi connectivity index (χ0) is 26.0. The maximum atomic E-state index is 11.1. The van der Waals surface area contributed by atoms with Crippen LogP contribution in [0.15, 0.2) is 24.3 Å². The molecule has 0 radical (unpaired) electrons. The molecular formula is C31H56O4. The molecule has 0 aliphatic rings. The van der Waals surface area contributed by atoms with Gasteiger partial charge in [-0.15, -0.1) is 0 Å². The van der Waals surface area contributed by atoms with E-state index in [9.17, 15) is 4.79 Å². The van der Waals surface area contributed by atoms with Crippen LogP contribution in [0.4, 0.5) is 0 Å². The van der Waals surface area contributed by atoms with Crippen molar-refractivity contribution in [2.45, 2.75) is 149 Å². The lowest BCUT2D eigenvalue weighted by atomic mass is 9.91. The van der Waals surface area contributed by atoms with Crippen LogP contribution in [0.1, 0.15) is 149 Å². The predicted molar refractivity (Wildman–Crippen MR) is 149 cm³/mol. The van der Waals surface area contributed by atoms with Gasteiger partial charge in [0.15, 0.2) is 11.5 Å². The molecule has 1 aromatic rings. The summed E-state index contributed by atoms with van der Waals surface area (Å²) in [6.45, 7) is 4.53. The summed E-state index contributed by atoms with van der Waals surface area (Å²) in [6.07, 6.45) is 26.9. The number of phenolic OH excluding ortho intramolecular Hbond substituents is 2. The molecule has 0 saturated heterocycles. The molecule has 1 aromatic carbocycles. The molecule has 204 valence electrons. The molecule has 1 unspecified atom stereocenters. The zero-order valence-electron chi connectivity index (χ0n) is 23.0. The van der Waals surface area contributed by atoms with Gasteiger partial charge in [0.25, 0.3) is 0 Å². The van der Waals surface area contributed by atoms with E-state index in [1.54, 1.807) is 12.1 Å². The minimum atomic E-state index is -0.605. The second-order valence-corrected chi connectivity index (χ2v) is 10.2. The first-order chi connectivity index (χ1) is 17.0. The van der Waals surface area contributed by atoms with Crippen LogP contribution >= 0.6 is 0 Å². The quantitative estimate of drug-likeness (QED) is 0.111. The number of rotatable bonds is 22. The van der Waals surface area contributed by atoms with Crippen molar-refractivity contribution in [1.82, 2.24) is 0 Å². The highest BCUT2D eigenvalue weighted by molar-refractivity contribution is 5.66. The molecule has 0 aliphatic heterocycles. The molecular weight excluding hydrogens is 436 g/mol. The second-order valence-electron chi connectivity index (χ2n) is 10.2. The highest BCUT2D eigenvalue weighted by Crippen LogP contribution is 2.23. The van der Waals surface area contributed by atoms with E-state index in [-0.39, 0.29) is 11.5 Å². The Morgan fingerprint density at radius 1 is 0.600 bits per heavy atom. The molecule has 3 N–H and O–H groups in total. The third-order valence-electron chi connectivity index (χ3n) is 6.78. The van der Waals surface area contributed by atoms with Gasteiger partial charge in [-0.3, -0.25) is 4.79 Å². The third kappa shape index (κ3) is 23.8. The first-order valence-electron chi connectivity index (χ1n) is 14.7. The van der Waals surface area contributed by atoms with Crippen LogP contribution < -0.4 is 0 Å². The van der Waals surface area contributed by atoms with Gasteiger partial charge in [-0.25, -0.2) is 0 Å². The van der Waals surface area contributed by atoms with E-state index in [2.05, 4.69) is 13.8 Å². The largest absolute Gasteiger partial charge is 0.504 e. The average Bonchev–Trinajstić information content (AvgIpc) is 2.83. The molecule has 35 heavy (non-hydrogen) atoms. The average molecular weight is 493 g/mol. The first-order valence-corrected chi connectivity index (χ1v) is 14.7. The van der Waals surface area contributed by atoms with Gasteiger partial charge < -0.3 is 15.3 Å². The molecule has 4 heteroatoms. The maximum absolute atomic E-state index is 11.1. The van der Waals surface area contributed by atoms with E-state index < -0.39 is 5.97 Å². The van der Waals surface area contributed by atoms with Crippen LogP contribution in [0.2, 0.25) is 0 Å². The van der Waals surface area contributed by atoms with E-state index in [1.165, 1.54) is 128 Å². The van der Waals surface area contributed by atoms with Crippen molar-refractivity contribution in [3.63, 3.8) is 0 Å². The first kappa shape index (κ1) is 33.3. The Kier molecular flexibility index (Phi) is 24.1. The number of carboxylic acid groups (broad SMARTS) is 1. The summed E-state index contributed by atoms with van der Waals surface area (Å²) in [4.78, 5) is 11.1. The number of aliphatic carboxylic acids is 1. The topological polar surface area (TPSA) is 77.8 Å². The molecule has 1 atom stereocenters. The number of hydrogen-bond acceptors (Lipinski definition) is 3. The second kappa shape index (κ2) is 25.4. The van der Waals surface area contributed by atoms with Crippen LogP contribution in [-0.4, -0.2) is 21.3 Å². The van der Waals surface area contributed by atoms with Crippen molar-refractivity contribution < 1.29 is 20.1 Å². The Morgan fingerprint density at radius 2 is 0.914 bits per heavy atom.